The summed E-state index contributed by atoms with van der Waals surface area (Å²) in [5.74, 6) is -0.157. The molecule has 0 fully saturated rings. The maximum Gasteiger partial charge on any atom is 0.305 e. The van der Waals surface area contributed by atoms with Gasteiger partial charge in [-0.05, 0) is 0 Å². The van der Waals surface area contributed by atoms with Crippen LogP contribution in [-0.4, -0.2) is 13.1 Å². The highest BCUT2D eigenvalue weighted by atomic mass is 16.5. The molecule has 0 radical (unpaired) electrons. The third-order valence-corrected chi connectivity index (χ3v) is 0.516. The Morgan fingerprint density at radius 1 is 1.62 bits per heavy atom. The quantitative estimate of drug-likeness (QED) is 0.372. The molecule has 0 aromatic heterocycles. The molecular weight excluding hydrogens is 104 g/mol. The van der Waals surface area contributed by atoms with E-state index >= 15 is 0 Å². The molecule has 0 bridgehead atoms. The largest absolute Gasteiger partial charge is 0.469 e. The van der Waals surface area contributed by atoms with E-state index < -0.39 is 0 Å². The zero-order valence-electron chi connectivity index (χ0n) is 5.18. The first kappa shape index (κ1) is 10.1. The van der Waals surface area contributed by atoms with Gasteiger partial charge in [-0.25, -0.2) is 0 Å². The molecule has 0 saturated carbocycles. The summed E-state index contributed by atoms with van der Waals surface area (Å²) in [5, 5.41) is 0. The Hall–Kier alpha value is -0.970. The number of methoxy groups -OCH3 is 1. The standard InChI is InChI=1S/C4H8O2.C2H2/c1-3-4(5)6-2;1-2/h3H2,1-2H3;1-2H. The van der Waals surface area contributed by atoms with Gasteiger partial charge in [0.1, 0.15) is 0 Å². The molecule has 46 valence electrons. The van der Waals surface area contributed by atoms with Gasteiger partial charge in [-0.15, -0.1) is 12.8 Å². The number of rotatable bonds is 1. The van der Waals surface area contributed by atoms with Crippen molar-refractivity contribution in [3.8, 4) is 12.8 Å². The van der Waals surface area contributed by atoms with Crippen molar-refractivity contribution in [2.24, 2.45) is 0 Å². The fourth-order valence-corrected chi connectivity index (χ4v) is 0.144. The maximum absolute atomic E-state index is 9.96. The summed E-state index contributed by atoms with van der Waals surface area (Å²) in [7, 11) is 1.38. The highest BCUT2D eigenvalue weighted by Gasteiger charge is 1.87. The number of ether oxygens (including phenoxy) is 1. The molecule has 0 aliphatic rings. The molecule has 0 unspecified atom stereocenters. The predicted molar refractivity (Wildman–Crippen MR) is 32.2 cm³/mol. The van der Waals surface area contributed by atoms with Crippen LogP contribution in [0, 0.1) is 12.8 Å². The molecule has 0 atom stereocenters. The number of carbonyl (C=O) groups excluding carboxylic acids is 1. The second kappa shape index (κ2) is 9.39. The second-order valence-electron chi connectivity index (χ2n) is 0.930. The lowest BCUT2D eigenvalue weighted by Crippen LogP contribution is -1.94. The number of carbonyl (C=O) groups is 1. The van der Waals surface area contributed by atoms with Gasteiger partial charge in [0.15, 0.2) is 0 Å². The smallest absolute Gasteiger partial charge is 0.305 e. The van der Waals surface area contributed by atoms with Gasteiger partial charge in [0.25, 0.3) is 0 Å². The van der Waals surface area contributed by atoms with E-state index in [9.17, 15) is 4.79 Å². The first-order valence-corrected chi connectivity index (χ1v) is 2.21. The van der Waals surface area contributed by atoms with E-state index in [0.717, 1.165) is 0 Å². The fraction of sp³-hybridized carbons (Fsp3) is 0.500. The normalized spacial score (nSPS) is 6.00. The van der Waals surface area contributed by atoms with Crippen molar-refractivity contribution in [1.82, 2.24) is 0 Å². The van der Waals surface area contributed by atoms with Crippen molar-refractivity contribution in [2.45, 2.75) is 13.3 Å². The van der Waals surface area contributed by atoms with Gasteiger partial charge in [-0.2, -0.15) is 0 Å². The Bertz CT molecular complexity index is 67.8. The second-order valence-corrected chi connectivity index (χ2v) is 0.930. The summed E-state index contributed by atoms with van der Waals surface area (Å²) in [6, 6.07) is 0. The Labute approximate surface area is 49.8 Å². The van der Waals surface area contributed by atoms with Gasteiger partial charge < -0.3 is 4.74 Å². The van der Waals surface area contributed by atoms with Crippen LogP contribution in [-0.2, 0) is 9.53 Å². The van der Waals surface area contributed by atoms with E-state index in [0.29, 0.717) is 6.42 Å². The molecule has 0 spiro atoms. The average molecular weight is 114 g/mol. The molecule has 0 rings (SSSR count). The molecule has 0 heterocycles. The van der Waals surface area contributed by atoms with Crippen molar-refractivity contribution in [3.63, 3.8) is 0 Å². The van der Waals surface area contributed by atoms with Gasteiger partial charge in [0, 0.05) is 6.42 Å². The average Bonchev–Trinajstić information content (AvgIpc) is 1.91. The summed E-state index contributed by atoms with van der Waals surface area (Å²) in [5.41, 5.74) is 0. The highest BCUT2D eigenvalue weighted by Crippen LogP contribution is 1.76. The first-order valence-electron chi connectivity index (χ1n) is 2.21. The van der Waals surface area contributed by atoms with E-state index in [4.69, 9.17) is 0 Å². The summed E-state index contributed by atoms with van der Waals surface area (Å²) >= 11 is 0. The Balaban J connectivity index is 0. The lowest BCUT2D eigenvalue weighted by Gasteiger charge is -1.87. The Morgan fingerprint density at radius 2 is 2.00 bits per heavy atom. The highest BCUT2D eigenvalue weighted by molar-refractivity contribution is 5.68. The van der Waals surface area contributed by atoms with Crippen LogP contribution >= 0.6 is 0 Å². The van der Waals surface area contributed by atoms with Crippen molar-refractivity contribution in [3.05, 3.63) is 0 Å². The zero-order chi connectivity index (χ0) is 6.99. The van der Waals surface area contributed by atoms with Crippen LogP contribution in [0.25, 0.3) is 0 Å². The number of hydrogen-bond acceptors (Lipinski definition) is 2. The Kier molecular flexibility index (Phi) is 11.9. The van der Waals surface area contributed by atoms with Crippen LogP contribution < -0.4 is 0 Å². The molecule has 0 aliphatic carbocycles. The minimum Gasteiger partial charge on any atom is -0.469 e. The van der Waals surface area contributed by atoms with Crippen LogP contribution in [0.1, 0.15) is 13.3 Å². The molecule has 0 amide bonds. The topological polar surface area (TPSA) is 26.3 Å². The van der Waals surface area contributed by atoms with Crippen LogP contribution in [0.3, 0.4) is 0 Å². The third kappa shape index (κ3) is 8.90. The third-order valence-electron chi connectivity index (χ3n) is 0.516. The van der Waals surface area contributed by atoms with E-state index in [-0.39, 0.29) is 5.97 Å². The van der Waals surface area contributed by atoms with Gasteiger partial charge >= 0.3 is 5.97 Å². The van der Waals surface area contributed by atoms with Crippen molar-refractivity contribution in [1.29, 1.82) is 0 Å². The van der Waals surface area contributed by atoms with Crippen molar-refractivity contribution >= 4 is 5.97 Å². The SMILES string of the molecule is C#C.CCC(=O)OC. The lowest BCUT2D eigenvalue weighted by atomic mass is 10.5. The molecule has 0 aromatic carbocycles. The summed E-state index contributed by atoms with van der Waals surface area (Å²) in [6.07, 6.45) is 8.47. The molecule has 2 nitrogen and oxygen atoms in total. The molecule has 2 heteroatoms. The summed E-state index contributed by atoms with van der Waals surface area (Å²) < 4.78 is 4.26. The molecular formula is C6H10O2. The van der Waals surface area contributed by atoms with E-state index in [1.54, 1.807) is 6.92 Å². The van der Waals surface area contributed by atoms with E-state index in [1.807, 2.05) is 0 Å². The molecule has 0 saturated heterocycles. The van der Waals surface area contributed by atoms with Crippen LogP contribution in [0.15, 0.2) is 0 Å². The van der Waals surface area contributed by atoms with Crippen molar-refractivity contribution in [2.75, 3.05) is 7.11 Å². The molecule has 0 aliphatic heterocycles. The van der Waals surface area contributed by atoms with Gasteiger partial charge in [-0.3, -0.25) is 4.79 Å². The molecule has 8 heavy (non-hydrogen) atoms. The van der Waals surface area contributed by atoms with Crippen LogP contribution in [0.5, 0.6) is 0 Å². The van der Waals surface area contributed by atoms with Gasteiger partial charge in [0.2, 0.25) is 0 Å². The van der Waals surface area contributed by atoms with Crippen molar-refractivity contribution < 1.29 is 9.53 Å². The maximum atomic E-state index is 9.96. The van der Waals surface area contributed by atoms with Crippen LogP contribution in [0.2, 0.25) is 0 Å². The summed E-state index contributed by atoms with van der Waals surface area (Å²) in [4.78, 5) is 9.96. The number of hydrogen-bond donors (Lipinski definition) is 0. The minimum atomic E-state index is -0.157. The van der Waals surface area contributed by atoms with Gasteiger partial charge in [0.05, 0.1) is 7.11 Å². The lowest BCUT2D eigenvalue weighted by molar-refractivity contribution is -0.140. The number of terminal acetylenes is 1. The minimum absolute atomic E-state index is 0.157. The zero-order valence-corrected chi connectivity index (χ0v) is 5.18. The molecule has 0 aromatic rings. The van der Waals surface area contributed by atoms with E-state index in [2.05, 4.69) is 17.6 Å². The predicted octanol–water partition coefficient (Wildman–Crippen LogP) is 0.819. The fourth-order valence-electron chi connectivity index (χ4n) is 0.144. The molecule has 0 N–H and O–H groups in total. The monoisotopic (exact) mass is 114 g/mol. The van der Waals surface area contributed by atoms with Gasteiger partial charge in [-0.1, -0.05) is 6.92 Å². The van der Waals surface area contributed by atoms with Crippen LogP contribution in [0.4, 0.5) is 0 Å². The first-order chi connectivity index (χ1) is 3.81. The van der Waals surface area contributed by atoms with E-state index in [1.165, 1.54) is 7.11 Å². The number of esters is 1. The Morgan fingerprint density at radius 3 is 2.00 bits per heavy atom. The summed E-state index contributed by atoms with van der Waals surface area (Å²) in [6.45, 7) is 1.76.